The third-order valence-electron chi connectivity index (χ3n) is 4.37. The fourth-order valence-corrected chi connectivity index (χ4v) is 5.21. The second-order valence-electron chi connectivity index (χ2n) is 6.21. The molecule has 3 rings (SSSR count). The zero-order valence-corrected chi connectivity index (χ0v) is 16.0. The molecule has 0 aliphatic carbocycles. The van der Waals surface area contributed by atoms with Gasteiger partial charge in [-0.05, 0) is 36.2 Å². The predicted octanol–water partition coefficient (Wildman–Crippen LogP) is 3.96. The first kappa shape index (κ1) is 19.1. The topological polar surface area (TPSA) is 54.5 Å². The molecule has 2 aromatic carbocycles. The molecule has 1 heterocycles. The lowest BCUT2D eigenvalue weighted by molar-refractivity contribution is 0.0676. The Labute approximate surface area is 161 Å². The van der Waals surface area contributed by atoms with Crippen LogP contribution in [0.4, 0.5) is 4.39 Å². The third kappa shape index (κ3) is 4.19. The Morgan fingerprint density at radius 3 is 2.54 bits per heavy atom. The van der Waals surface area contributed by atoms with Crippen LogP contribution in [0.5, 0.6) is 0 Å². The number of nitrogens with zero attached hydrogens (tertiary/aromatic N) is 1. The maximum atomic E-state index is 14.1. The monoisotopic (exact) mass is 415 g/mol. The number of amides is 1. The van der Waals surface area contributed by atoms with E-state index in [1.165, 1.54) is 23.1 Å². The molecule has 1 aliphatic heterocycles. The van der Waals surface area contributed by atoms with Crippen LogP contribution >= 0.6 is 23.2 Å². The minimum Gasteiger partial charge on any atom is -0.330 e. The fourth-order valence-electron chi connectivity index (χ4n) is 3.01. The van der Waals surface area contributed by atoms with Crippen LogP contribution in [0.3, 0.4) is 0 Å². The van der Waals surface area contributed by atoms with Crippen molar-refractivity contribution in [1.29, 1.82) is 0 Å². The molecule has 2 aromatic rings. The molecule has 138 valence electrons. The van der Waals surface area contributed by atoms with Crippen LogP contribution in [0.15, 0.2) is 42.5 Å². The number of halogens is 3. The van der Waals surface area contributed by atoms with Gasteiger partial charge in [0.1, 0.15) is 5.82 Å². The van der Waals surface area contributed by atoms with E-state index in [-0.39, 0.29) is 23.6 Å². The first-order valence-electron chi connectivity index (χ1n) is 7.97. The van der Waals surface area contributed by atoms with Gasteiger partial charge in [0, 0.05) is 22.6 Å². The minimum absolute atomic E-state index is 0.00701. The Bertz CT molecular complexity index is 949. The average Bonchev–Trinajstić information content (AvgIpc) is 2.94. The van der Waals surface area contributed by atoms with Crippen molar-refractivity contribution in [2.45, 2.75) is 19.0 Å². The summed E-state index contributed by atoms with van der Waals surface area (Å²) >= 11 is 12.1. The molecular weight excluding hydrogens is 400 g/mol. The van der Waals surface area contributed by atoms with Crippen molar-refractivity contribution >= 4 is 38.9 Å². The van der Waals surface area contributed by atoms with Crippen molar-refractivity contribution in [2.75, 3.05) is 11.5 Å². The van der Waals surface area contributed by atoms with Gasteiger partial charge in [-0.25, -0.2) is 12.8 Å². The molecule has 1 atom stereocenters. The summed E-state index contributed by atoms with van der Waals surface area (Å²) in [5, 5.41) is 0.818. The SMILES string of the molecule is O=C(c1ccccc1F)N(Cc1ccc(Cl)cc1Cl)C1CCS(=O)(=O)C1. The van der Waals surface area contributed by atoms with Crippen molar-refractivity contribution in [3.8, 4) is 0 Å². The van der Waals surface area contributed by atoms with Crippen molar-refractivity contribution in [1.82, 2.24) is 4.90 Å². The van der Waals surface area contributed by atoms with Gasteiger partial charge >= 0.3 is 0 Å². The molecule has 0 aromatic heterocycles. The summed E-state index contributed by atoms with van der Waals surface area (Å²) in [4.78, 5) is 14.4. The number of hydrogen-bond acceptors (Lipinski definition) is 3. The van der Waals surface area contributed by atoms with Crippen molar-refractivity contribution in [2.24, 2.45) is 0 Å². The molecule has 0 bridgehead atoms. The molecule has 1 saturated heterocycles. The Morgan fingerprint density at radius 2 is 1.92 bits per heavy atom. The number of rotatable bonds is 4. The predicted molar refractivity (Wildman–Crippen MR) is 99.8 cm³/mol. The van der Waals surface area contributed by atoms with Crippen LogP contribution in [0.2, 0.25) is 10.0 Å². The molecule has 0 spiro atoms. The maximum Gasteiger partial charge on any atom is 0.257 e. The van der Waals surface area contributed by atoms with Gasteiger partial charge in [-0.2, -0.15) is 0 Å². The van der Waals surface area contributed by atoms with Gasteiger partial charge in [0.2, 0.25) is 0 Å². The number of hydrogen-bond donors (Lipinski definition) is 0. The highest BCUT2D eigenvalue weighted by molar-refractivity contribution is 7.91. The second kappa shape index (κ2) is 7.55. The van der Waals surface area contributed by atoms with E-state index in [9.17, 15) is 17.6 Å². The summed E-state index contributed by atoms with van der Waals surface area (Å²) in [7, 11) is -3.22. The van der Waals surface area contributed by atoms with Crippen molar-refractivity contribution < 1.29 is 17.6 Å². The summed E-state index contributed by atoms with van der Waals surface area (Å²) in [6.07, 6.45) is 0.313. The largest absolute Gasteiger partial charge is 0.330 e. The van der Waals surface area contributed by atoms with Gasteiger partial charge in [-0.15, -0.1) is 0 Å². The normalized spacial score (nSPS) is 18.7. The standard InChI is InChI=1S/C18H16Cl2FNO3S/c19-13-6-5-12(16(20)9-13)10-22(14-7-8-26(24,25)11-14)18(23)15-3-1-2-4-17(15)21/h1-6,9,14H,7-8,10-11H2. The lowest BCUT2D eigenvalue weighted by atomic mass is 10.1. The summed E-state index contributed by atoms with van der Waals surface area (Å²) in [5.74, 6) is -1.34. The molecule has 1 aliphatic rings. The summed E-state index contributed by atoms with van der Waals surface area (Å²) in [6.45, 7) is 0.0728. The Kier molecular flexibility index (Phi) is 5.55. The number of carbonyl (C=O) groups excluding carboxylic acids is 1. The van der Waals surface area contributed by atoms with Crippen LogP contribution in [0, 0.1) is 5.82 Å². The molecule has 0 radical (unpaired) electrons. The highest BCUT2D eigenvalue weighted by Gasteiger charge is 2.35. The van der Waals surface area contributed by atoms with Crippen LogP contribution in [-0.4, -0.2) is 36.8 Å². The molecule has 26 heavy (non-hydrogen) atoms. The fraction of sp³-hybridized carbons (Fsp3) is 0.278. The first-order valence-corrected chi connectivity index (χ1v) is 10.5. The third-order valence-corrected chi connectivity index (χ3v) is 6.71. The van der Waals surface area contributed by atoms with E-state index in [1.807, 2.05) is 0 Å². The van der Waals surface area contributed by atoms with Crippen LogP contribution in [0.1, 0.15) is 22.3 Å². The molecule has 1 unspecified atom stereocenters. The highest BCUT2D eigenvalue weighted by Crippen LogP contribution is 2.27. The van der Waals surface area contributed by atoms with Gasteiger partial charge < -0.3 is 4.90 Å². The van der Waals surface area contributed by atoms with Gasteiger partial charge in [0.15, 0.2) is 9.84 Å². The first-order chi connectivity index (χ1) is 12.3. The second-order valence-corrected chi connectivity index (χ2v) is 9.28. The van der Waals surface area contributed by atoms with Gasteiger partial charge in [0.05, 0.1) is 17.1 Å². The molecule has 0 saturated carbocycles. The van der Waals surface area contributed by atoms with Crippen LogP contribution < -0.4 is 0 Å². The number of carbonyl (C=O) groups is 1. The maximum absolute atomic E-state index is 14.1. The molecule has 1 amide bonds. The summed E-state index contributed by atoms with van der Waals surface area (Å²) < 4.78 is 37.9. The van der Waals surface area contributed by atoms with Gasteiger partial charge in [0.25, 0.3) is 5.91 Å². The van der Waals surface area contributed by atoms with E-state index in [4.69, 9.17) is 23.2 Å². The smallest absolute Gasteiger partial charge is 0.257 e. The Hall–Kier alpha value is -1.63. The average molecular weight is 416 g/mol. The van der Waals surface area contributed by atoms with E-state index in [0.717, 1.165) is 0 Å². The molecular formula is C18H16Cl2FNO3S. The summed E-state index contributed by atoms with van der Waals surface area (Å²) in [6, 6.07) is 9.98. The van der Waals surface area contributed by atoms with Crippen LogP contribution in [-0.2, 0) is 16.4 Å². The Balaban J connectivity index is 1.96. The van der Waals surface area contributed by atoms with E-state index in [0.29, 0.717) is 22.0 Å². The lowest BCUT2D eigenvalue weighted by Gasteiger charge is -2.29. The lowest BCUT2D eigenvalue weighted by Crippen LogP contribution is -2.41. The zero-order chi connectivity index (χ0) is 18.9. The number of sulfone groups is 1. The quantitative estimate of drug-likeness (QED) is 0.758. The molecule has 4 nitrogen and oxygen atoms in total. The zero-order valence-electron chi connectivity index (χ0n) is 13.7. The molecule has 0 N–H and O–H groups in total. The van der Waals surface area contributed by atoms with Crippen LogP contribution in [0.25, 0.3) is 0 Å². The number of benzene rings is 2. The van der Waals surface area contributed by atoms with E-state index in [2.05, 4.69) is 0 Å². The van der Waals surface area contributed by atoms with Crippen molar-refractivity contribution in [3.63, 3.8) is 0 Å². The highest BCUT2D eigenvalue weighted by atomic mass is 35.5. The van der Waals surface area contributed by atoms with E-state index < -0.39 is 27.6 Å². The van der Waals surface area contributed by atoms with Crippen molar-refractivity contribution in [3.05, 3.63) is 69.5 Å². The van der Waals surface area contributed by atoms with Gasteiger partial charge in [-0.3, -0.25) is 4.79 Å². The van der Waals surface area contributed by atoms with Gasteiger partial charge in [-0.1, -0.05) is 41.4 Å². The minimum atomic E-state index is -3.22. The van der Waals surface area contributed by atoms with E-state index >= 15 is 0 Å². The molecule has 1 fully saturated rings. The molecule has 8 heteroatoms. The van der Waals surface area contributed by atoms with E-state index in [1.54, 1.807) is 24.3 Å². The summed E-state index contributed by atoms with van der Waals surface area (Å²) in [5.41, 5.74) is 0.520. The Morgan fingerprint density at radius 1 is 1.19 bits per heavy atom.